The van der Waals surface area contributed by atoms with Crippen LogP contribution >= 0.6 is 0 Å². The summed E-state index contributed by atoms with van der Waals surface area (Å²) in [6.07, 6.45) is 7.82. The molecule has 1 aliphatic carbocycles. The molecule has 0 heterocycles. The number of methoxy groups -OCH3 is 1. The van der Waals surface area contributed by atoms with Gasteiger partial charge in [-0.25, -0.2) is 4.39 Å². The van der Waals surface area contributed by atoms with Crippen molar-refractivity contribution < 1.29 is 9.13 Å². The Kier molecular flexibility index (Phi) is 4.37. The molecule has 2 unspecified atom stereocenters. The summed E-state index contributed by atoms with van der Waals surface area (Å²) < 4.78 is 18.3. The average Bonchev–Trinajstić information content (AvgIpc) is 2.40. The molecule has 1 aromatic carbocycles. The van der Waals surface area contributed by atoms with Crippen molar-refractivity contribution in [2.24, 2.45) is 0 Å². The third kappa shape index (κ3) is 3.10. The smallest absolute Gasteiger partial charge is 0.165 e. The molecule has 1 aromatic rings. The summed E-state index contributed by atoms with van der Waals surface area (Å²) in [5.41, 5.74) is 1.06. The molecule has 98 valence electrons. The van der Waals surface area contributed by atoms with E-state index in [0.717, 1.165) is 18.4 Å². The summed E-state index contributed by atoms with van der Waals surface area (Å²) >= 11 is 0. The number of allylic oxidation sites excluding steroid dienone is 1. The van der Waals surface area contributed by atoms with Gasteiger partial charge in [0.1, 0.15) is 0 Å². The molecule has 18 heavy (non-hydrogen) atoms. The maximum absolute atomic E-state index is 13.3. The highest BCUT2D eigenvalue weighted by Gasteiger charge is 2.15. The molecule has 2 atom stereocenters. The highest BCUT2D eigenvalue weighted by molar-refractivity contribution is 5.32. The molecule has 0 fully saturated rings. The van der Waals surface area contributed by atoms with Crippen LogP contribution in [0.2, 0.25) is 0 Å². The second-order valence-corrected chi connectivity index (χ2v) is 4.76. The molecular formula is C15H20FNO. The van der Waals surface area contributed by atoms with Crippen LogP contribution in [0, 0.1) is 5.82 Å². The molecule has 0 aromatic heterocycles. The van der Waals surface area contributed by atoms with E-state index in [-0.39, 0.29) is 11.9 Å². The summed E-state index contributed by atoms with van der Waals surface area (Å²) in [5, 5.41) is 3.58. The van der Waals surface area contributed by atoms with Crippen LogP contribution in [0.1, 0.15) is 37.8 Å². The maximum Gasteiger partial charge on any atom is 0.165 e. The zero-order chi connectivity index (χ0) is 13.0. The van der Waals surface area contributed by atoms with Crippen LogP contribution in [0.5, 0.6) is 5.75 Å². The van der Waals surface area contributed by atoms with E-state index in [0.29, 0.717) is 11.8 Å². The molecule has 0 radical (unpaired) electrons. The lowest BCUT2D eigenvalue weighted by Gasteiger charge is -2.24. The van der Waals surface area contributed by atoms with Crippen molar-refractivity contribution in [2.45, 2.75) is 38.3 Å². The largest absolute Gasteiger partial charge is 0.494 e. The van der Waals surface area contributed by atoms with Crippen LogP contribution in [0.15, 0.2) is 30.4 Å². The monoisotopic (exact) mass is 249 g/mol. The number of hydrogen-bond acceptors (Lipinski definition) is 2. The second kappa shape index (κ2) is 6.01. The van der Waals surface area contributed by atoms with Gasteiger partial charge in [0.15, 0.2) is 11.6 Å². The summed E-state index contributed by atoms with van der Waals surface area (Å²) in [7, 11) is 1.49. The highest BCUT2D eigenvalue weighted by Crippen LogP contribution is 2.24. The Morgan fingerprint density at radius 1 is 1.39 bits per heavy atom. The van der Waals surface area contributed by atoms with Gasteiger partial charge in [-0.05, 0) is 43.9 Å². The minimum Gasteiger partial charge on any atom is -0.494 e. The predicted molar refractivity (Wildman–Crippen MR) is 71.3 cm³/mol. The van der Waals surface area contributed by atoms with Crippen molar-refractivity contribution in [1.29, 1.82) is 0 Å². The van der Waals surface area contributed by atoms with Gasteiger partial charge >= 0.3 is 0 Å². The molecule has 0 saturated heterocycles. The number of nitrogens with one attached hydrogen (secondary N) is 1. The Labute approximate surface area is 108 Å². The third-order valence-electron chi connectivity index (χ3n) is 3.43. The lowest BCUT2D eigenvalue weighted by atomic mass is 9.99. The molecule has 1 N–H and O–H groups in total. The van der Waals surface area contributed by atoms with Gasteiger partial charge in [-0.3, -0.25) is 0 Å². The lowest BCUT2D eigenvalue weighted by Crippen LogP contribution is -2.32. The Morgan fingerprint density at radius 3 is 2.89 bits per heavy atom. The van der Waals surface area contributed by atoms with Crippen LogP contribution < -0.4 is 10.1 Å². The molecular weight excluding hydrogens is 229 g/mol. The van der Waals surface area contributed by atoms with Crippen LogP contribution in [-0.4, -0.2) is 13.2 Å². The fraction of sp³-hybridized carbons (Fsp3) is 0.467. The Balaban J connectivity index is 2.03. The summed E-state index contributed by atoms with van der Waals surface area (Å²) in [6.45, 7) is 2.10. The Morgan fingerprint density at radius 2 is 2.22 bits per heavy atom. The second-order valence-electron chi connectivity index (χ2n) is 4.76. The van der Waals surface area contributed by atoms with Crippen LogP contribution in [0.4, 0.5) is 4.39 Å². The zero-order valence-electron chi connectivity index (χ0n) is 10.9. The summed E-state index contributed by atoms with van der Waals surface area (Å²) in [6, 6.07) is 5.77. The van der Waals surface area contributed by atoms with Crippen molar-refractivity contribution in [2.75, 3.05) is 7.11 Å². The Bertz CT molecular complexity index is 431. The van der Waals surface area contributed by atoms with Crippen LogP contribution in [0.25, 0.3) is 0 Å². The molecule has 0 bridgehead atoms. The lowest BCUT2D eigenvalue weighted by molar-refractivity contribution is 0.383. The third-order valence-corrected chi connectivity index (χ3v) is 3.43. The van der Waals surface area contributed by atoms with Gasteiger partial charge in [0.2, 0.25) is 0 Å². The number of halogens is 1. The van der Waals surface area contributed by atoms with E-state index < -0.39 is 0 Å². The van der Waals surface area contributed by atoms with Crippen molar-refractivity contribution >= 4 is 0 Å². The molecule has 1 aliphatic rings. The topological polar surface area (TPSA) is 21.3 Å². The van der Waals surface area contributed by atoms with Crippen molar-refractivity contribution in [3.8, 4) is 5.75 Å². The molecule has 0 spiro atoms. The van der Waals surface area contributed by atoms with E-state index >= 15 is 0 Å². The summed E-state index contributed by atoms with van der Waals surface area (Å²) in [4.78, 5) is 0. The fourth-order valence-corrected chi connectivity index (χ4v) is 2.34. The number of hydrogen-bond donors (Lipinski definition) is 1. The number of ether oxygens (including phenoxy) is 1. The normalized spacial score (nSPS) is 20.7. The van der Waals surface area contributed by atoms with Gasteiger partial charge in [-0.1, -0.05) is 18.2 Å². The minimum atomic E-state index is -0.311. The maximum atomic E-state index is 13.3. The first-order chi connectivity index (χ1) is 8.70. The molecule has 0 aliphatic heterocycles. The van der Waals surface area contributed by atoms with Gasteiger partial charge in [-0.2, -0.15) is 0 Å². The number of benzene rings is 1. The van der Waals surface area contributed by atoms with Gasteiger partial charge in [-0.15, -0.1) is 0 Å². The van der Waals surface area contributed by atoms with E-state index in [9.17, 15) is 4.39 Å². The van der Waals surface area contributed by atoms with Crippen molar-refractivity contribution in [3.05, 3.63) is 41.7 Å². The first-order valence-electron chi connectivity index (χ1n) is 6.45. The first kappa shape index (κ1) is 13.1. The SMILES string of the molecule is COc1cc(C(C)NC2CC=CCC2)ccc1F. The molecule has 2 nitrogen and oxygen atoms in total. The zero-order valence-corrected chi connectivity index (χ0v) is 10.9. The van der Waals surface area contributed by atoms with Crippen LogP contribution in [0.3, 0.4) is 0 Å². The molecule has 3 heteroatoms. The molecule has 2 rings (SSSR count). The van der Waals surface area contributed by atoms with E-state index in [1.165, 1.54) is 19.6 Å². The molecule has 0 saturated carbocycles. The van der Waals surface area contributed by atoms with Gasteiger partial charge in [0.05, 0.1) is 7.11 Å². The predicted octanol–water partition coefficient (Wildman–Crippen LogP) is 3.59. The standard InChI is InChI=1S/C15H20FNO/c1-11(17-13-6-4-3-5-7-13)12-8-9-14(16)15(10-12)18-2/h3-4,8-11,13,17H,5-7H2,1-2H3. The van der Waals surface area contributed by atoms with Gasteiger partial charge < -0.3 is 10.1 Å². The van der Waals surface area contributed by atoms with Gasteiger partial charge in [0, 0.05) is 12.1 Å². The highest BCUT2D eigenvalue weighted by atomic mass is 19.1. The molecule has 0 amide bonds. The van der Waals surface area contributed by atoms with E-state index in [1.54, 1.807) is 6.07 Å². The first-order valence-corrected chi connectivity index (χ1v) is 6.45. The minimum absolute atomic E-state index is 0.205. The van der Waals surface area contributed by atoms with Crippen LogP contribution in [-0.2, 0) is 0 Å². The Hall–Kier alpha value is -1.35. The quantitative estimate of drug-likeness (QED) is 0.823. The average molecular weight is 249 g/mol. The van der Waals surface area contributed by atoms with E-state index in [4.69, 9.17) is 4.74 Å². The fourth-order valence-electron chi connectivity index (χ4n) is 2.34. The number of rotatable bonds is 4. The van der Waals surface area contributed by atoms with E-state index in [1.807, 2.05) is 6.07 Å². The van der Waals surface area contributed by atoms with Crippen molar-refractivity contribution in [1.82, 2.24) is 5.32 Å². The van der Waals surface area contributed by atoms with Gasteiger partial charge in [0.25, 0.3) is 0 Å². The van der Waals surface area contributed by atoms with E-state index in [2.05, 4.69) is 24.4 Å². The van der Waals surface area contributed by atoms with Crippen molar-refractivity contribution in [3.63, 3.8) is 0 Å². The summed E-state index contributed by atoms with van der Waals surface area (Å²) in [5.74, 6) is -0.00117.